The molecule has 1 aliphatic heterocycles. The van der Waals surface area contributed by atoms with E-state index in [2.05, 4.69) is 0 Å². The average molecular weight is 433 g/mol. The lowest BCUT2D eigenvalue weighted by atomic mass is 10.1. The van der Waals surface area contributed by atoms with Crippen molar-refractivity contribution in [3.63, 3.8) is 0 Å². The second-order valence-electron chi connectivity index (χ2n) is 8.00. The third-order valence-electron chi connectivity index (χ3n) is 5.58. The normalized spacial score (nSPS) is 15.4. The predicted molar refractivity (Wildman–Crippen MR) is 121 cm³/mol. The van der Waals surface area contributed by atoms with Gasteiger partial charge >= 0.3 is 0 Å². The van der Waals surface area contributed by atoms with Gasteiger partial charge in [-0.2, -0.15) is 0 Å². The largest absolute Gasteiger partial charge is 0.467 e. The van der Waals surface area contributed by atoms with E-state index < -0.39 is 0 Å². The first-order valence-electron chi connectivity index (χ1n) is 11.0. The van der Waals surface area contributed by atoms with Crippen LogP contribution in [0.5, 0.6) is 0 Å². The van der Waals surface area contributed by atoms with Gasteiger partial charge in [-0.1, -0.05) is 48.5 Å². The highest BCUT2D eigenvalue weighted by molar-refractivity contribution is 5.96. The van der Waals surface area contributed by atoms with E-state index in [1.54, 1.807) is 28.2 Å². The van der Waals surface area contributed by atoms with Crippen molar-refractivity contribution in [2.75, 3.05) is 19.7 Å². The summed E-state index contributed by atoms with van der Waals surface area (Å²) in [6.07, 6.45) is 3.43. The molecule has 2 aromatic carbocycles. The summed E-state index contributed by atoms with van der Waals surface area (Å²) in [6.45, 7) is 1.87. The summed E-state index contributed by atoms with van der Waals surface area (Å²) in [6, 6.07) is 22.6. The molecular formula is C26H28N2O4. The fourth-order valence-corrected chi connectivity index (χ4v) is 3.91. The van der Waals surface area contributed by atoms with E-state index in [0.29, 0.717) is 37.6 Å². The zero-order valence-electron chi connectivity index (χ0n) is 18.1. The first-order chi connectivity index (χ1) is 15.7. The monoisotopic (exact) mass is 432 g/mol. The van der Waals surface area contributed by atoms with Crippen LogP contribution in [0.25, 0.3) is 0 Å². The Kier molecular flexibility index (Phi) is 7.35. The summed E-state index contributed by atoms with van der Waals surface area (Å²) in [4.78, 5) is 30.0. The lowest BCUT2D eigenvalue weighted by Gasteiger charge is -2.29. The van der Waals surface area contributed by atoms with Crippen molar-refractivity contribution in [3.05, 3.63) is 95.9 Å². The lowest BCUT2D eigenvalue weighted by Crippen LogP contribution is -2.45. The molecule has 1 fully saturated rings. The zero-order valence-corrected chi connectivity index (χ0v) is 18.1. The van der Waals surface area contributed by atoms with Crippen molar-refractivity contribution in [2.45, 2.75) is 32.0 Å². The average Bonchev–Trinajstić information content (AvgIpc) is 3.53. The van der Waals surface area contributed by atoms with Crippen molar-refractivity contribution in [1.29, 1.82) is 0 Å². The number of hydrogen-bond donors (Lipinski definition) is 0. The highest BCUT2D eigenvalue weighted by Gasteiger charge is 2.27. The van der Waals surface area contributed by atoms with Gasteiger partial charge in [-0.25, -0.2) is 0 Å². The standard InChI is InChI=1S/C26H28N2O4/c29-25(27(18-23-13-7-15-31-23)17-21-9-3-1-4-10-21)20-28(19-24-14-8-16-32-24)26(30)22-11-5-2-6-12-22/h1-7,9-13,15,24H,8,14,16-20H2. The van der Waals surface area contributed by atoms with Gasteiger partial charge in [0.25, 0.3) is 5.91 Å². The topological polar surface area (TPSA) is 63.0 Å². The zero-order chi connectivity index (χ0) is 22.2. The van der Waals surface area contributed by atoms with E-state index >= 15 is 0 Å². The Bertz CT molecular complexity index is 983. The lowest BCUT2D eigenvalue weighted by molar-refractivity contribution is -0.133. The van der Waals surface area contributed by atoms with Crippen LogP contribution in [0.15, 0.2) is 83.5 Å². The first-order valence-corrected chi connectivity index (χ1v) is 11.0. The molecule has 1 aromatic heterocycles. The molecule has 32 heavy (non-hydrogen) atoms. The van der Waals surface area contributed by atoms with Crippen molar-refractivity contribution in [2.24, 2.45) is 0 Å². The van der Waals surface area contributed by atoms with Crippen LogP contribution in [-0.4, -0.2) is 47.4 Å². The van der Waals surface area contributed by atoms with Crippen molar-refractivity contribution in [3.8, 4) is 0 Å². The van der Waals surface area contributed by atoms with Crippen molar-refractivity contribution < 1.29 is 18.7 Å². The molecule has 4 rings (SSSR count). The molecule has 0 N–H and O–H groups in total. The SMILES string of the molecule is O=C(CN(CC1CCCO1)C(=O)c1ccccc1)N(Cc1ccccc1)Cc1ccco1. The van der Waals surface area contributed by atoms with Gasteiger partial charge in [0.15, 0.2) is 0 Å². The molecule has 6 nitrogen and oxygen atoms in total. The molecule has 1 atom stereocenters. The Morgan fingerprint density at radius 1 is 0.875 bits per heavy atom. The van der Waals surface area contributed by atoms with E-state index in [-0.39, 0.29) is 24.5 Å². The first kappa shape index (κ1) is 21.8. The van der Waals surface area contributed by atoms with Crippen LogP contribution < -0.4 is 0 Å². The van der Waals surface area contributed by atoms with Crippen LogP contribution in [0.2, 0.25) is 0 Å². The molecular weight excluding hydrogens is 404 g/mol. The minimum Gasteiger partial charge on any atom is -0.467 e. The van der Waals surface area contributed by atoms with Crippen LogP contribution >= 0.6 is 0 Å². The number of amides is 2. The second-order valence-corrected chi connectivity index (χ2v) is 8.00. The number of furan rings is 1. The molecule has 1 aliphatic rings. The van der Waals surface area contributed by atoms with Gasteiger partial charge < -0.3 is 19.0 Å². The molecule has 1 saturated heterocycles. The number of hydrogen-bond acceptors (Lipinski definition) is 4. The molecule has 6 heteroatoms. The maximum atomic E-state index is 13.4. The second kappa shape index (κ2) is 10.8. The summed E-state index contributed by atoms with van der Waals surface area (Å²) in [5.74, 6) is 0.411. The number of carbonyl (C=O) groups is 2. The molecule has 166 valence electrons. The maximum absolute atomic E-state index is 13.4. The third kappa shape index (κ3) is 5.86. The number of benzene rings is 2. The van der Waals surface area contributed by atoms with Crippen molar-refractivity contribution >= 4 is 11.8 Å². The number of nitrogens with zero attached hydrogens (tertiary/aromatic N) is 2. The molecule has 3 aromatic rings. The van der Waals surface area contributed by atoms with Gasteiger partial charge in [0, 0.05) is 25.3 Å². The highest BCUT2D eigenvalue weighted by Crippen LogP contribution is 2.17. The highest BCUT2D eigenvalue weighted by atomic mass is 16.5. The summed E-state index contributed by atoms with van der Waals surface area (Å²) >= 11 is 0. The number of carbonyl (C=O) groups excluding carboxylic acids is 2. The van der Waals surface area contributed by atoms with Gasteiger partial charge in [0.1, 0.15) is 12.3 Å². The quantitative estimate of drug-likeness (QED) is 0.510. The van der Waals surface area contributed by atoms with Crippen LogP contribution in [-0.2, 0) is 22.6 Å². The fraction of sp³-hybridized carbons (Fsp3) is 0.308. The van der Waals surface area contributed by atoms with Crippen LogP contribution in [0.1, 0.15) is 34.5 Å². The van der Waals surface area contributed by atoms with E-state index in [1.807, 2.05) is 60.7 Å². The molecule has 2 amide bonds. The number of ether oxygens (including phenoxy) is 1. The molecule has 2 heterocycles. The Morgan fingerprint density at radius 3 is 2.28 bits per heavy atom. The molecule has 0 radical (unpaired) electrons. The summed E-state index contributed by atoms with van der Waals surface area (Å²) in [5, 5.41) is 0. The summed E-state index contributed by atoms with van der Waals surface area (Å²) < 4.78 is 11.2. The number of rotatable bonds is 9. The summed E-state index contributed by atoms with van der Waals surface area (Å²) in [5.41, 5.74) is 1.59. The van der Waals surface area contributed by atoms with E-state index in [9.17, 15) is 9.59 Å². The smallest absolute Gasteiger partial charge is 0.254 e. The van der Waals surface area contributed by atoms with Crippen LogP contribution in [0, 0.1) is 0 Å². The Balaban J connectivity index is 1.52. The van der Waals surface area contributed by atoms with Crippen LogP contribution in [0.4, 0.5) is 0 Å². The minimum absolute atomic E-state index is 0.0128. The van der Waals surface area contributed by atoms with Gasteiger partial charge in [-0.15, -0.1) is 0 Å². The molecule has 0 saturated carbocycles. The maximum Gasteiger partial charge on any atom is 0.254 e. The minimum atomic E-state index is -0.160. The fourth-order valence-electron chi connectivity index (χ4n) is 3.91. The molecule has 0 spiro atoms. The van der Waals surface area contributed by atoms with Gasteiger partial charge in [0.2, 0.25) is 5.91 Å². The molecule has 1 unspecified atom stereocenters. The third-order valence-corrected chi connectivity index (χ3v) is 5.58. The Labute approximate surface area is 188 Å². The molecule has 0 aliphatic carbocycles. The van der Waals surface area contributed by atoms with Gasteiger partial charge in [-0.3, -0.25) is 9.59 Å². The predicted octanol–water partition coefficient (Wildman–Crippen LogP) is 4.13. The van der Waals surface area contributed by atoms with E-state index in [1.165, 1.54) is 0 Å². The van der Waals surface area contributed by atoms with Gasteiger partial charge in [0.05, 0.1) is 18.9 Å². The Hall–Kier alpha value is -3.38. The summed E-state index contributed by atoms with van der Waals surface area (Å²) in [7, 11) is 0. The van der Waals surface area contributed by atoms with Crippen molar-refractivity contribution in [1.82, 2.24) is 9.80 Å². The Morgan fingerprint density at radius 2 is 1.62 bits per heavy atom. The van der Waals surface area contributed by atoms with Crippen LogP contribution in [0.3, 0.4) is 0 Å². The van der Waals surface area contributed by atoms with Gasteiger partial charge in [-0.05, 0) is 42.7 Å². The van der Waals surface area contributed by atoms with E-state index in [0.717, 1.165) is 18.4 Å². The van der Waals surface area contributed by atoms with E-state index in [4.69, 9.17) is 9.15 Å². The molecule has 0 bridgehead atoms.